The number of nitrogens with zero attached hydrogens (tertiary/aromatic N) is 1. The zero-order valence-electron chi connectivity index (χ0n) is 18.2. The maximum atomic E-state index is 12.3. The van der Waals surface area contributed by atoms with Gasteiger partial charge in [0.2, 0.25) is 0 Å². The van der Waals surface area contributed by atoms with Crippen LogP contribution in [0.1, 0.15) is 94.3 Å². The molecule has 0 radical (unpaired) electrons. The van der Waals surface area contributed by atoms with Crippen LogP contribution in [-0.2, 0) is 0 Å². The lowest BCUT2D eigenvalue weighted by atomic mass is 10.0. The largest absolute Gasteiger partial charge is 0.394 e. The number of carbonyl (C=O) groups is 1. The summed E-state index contributed by atoms with van der Waals surface area (Å²) in [4.78, 5) is 22.6. The Bertz CT molecular complexity index is 623. The van der Waals surface area contributed by atoms with Gasteiger partial charge in [-0.3, -0.25) is 14.9 Å². The smallest absolute Gasteiger partial charge is 0.270 e. The number of nitrogens with one attached hydrogen (secondary N) is 1. The van der Waals surface area contributed by atoms with Crippen LogP contribution < -0.4 is 5.32 Å². The third-order valence-electron chi connectivity index (χ3n) is 5.40. The van der Waals surface area contributed by atoms with Gasteiger partial charge in [0.05, 0.1) is 23.7 Å². The summed E-state index contributed by atoms with van der Waals surface area (Å²) in [6.07, 6.45) is 13.0. The Kier molecular flexibility index (Phi) is 13.7. The second-order valence-corrected chi connectivity index (χ2v) is 7.96. The van der Waals surface area contributed by atoms with E-state index >= 15 is 0 Å². The van der Waals surface area contributed by atoms with Gasteiger partial charge in [0, 0.05) is 17.7 Å². The fraction of sp³-hybridized carbons (Fsp3) is 0.696. The molecule has 0 bridgehead atoms. The van der Waals surface area contributed by atoms with Gasteiger partial charge in [-0.2, -0.15) is 0 Å². The minimum atomic E-state index is -0.851. The number of hydrogen-bond donors (Lipinski definition) is 3. The van der Waals surface area contributed by atoms with Crippen molar-refractivity contribution in [2.24, 2.45) is 0 Å². The quantitative estimate of drug-likeness (QED) is 0.190. The SMILES string of the molecule is CCCCCCCCCCCCCC(O)C(CO)NC(=O)c1cccc([N+](=O)[O-])c1. The van der Waals surface area contributed by atoms with Crippen molar-refractivity contribution in [1.82, 2.24) is 5.32 Å². The molecule has 0 aliphatic rings. The molecular formula is C23H38N2O5. The first-order valence-corrected chi connectivity index (χ1v) is 11.3. The summed E-state index contributed by atoms with van der Waals surface area (Å²) in [5.41, 5.74) is -0.0470. The van der Waals surface area contributed by atoms with Crippen LogP contribution in [0.5, 0.6) is 0 Å². The van der Waals surface area contributed by atoms with Gasteiger partial charge < -0.3 is 15.5 Å². The van der Waals surface area contributed by atoms with Crippen molar-refractivity contribution < 1.29 is 19.9 Å². The Labute approximate surface area is 180 Å². The molecule has 2 unspecified atom stereocenters. The van der Waals surface area contributed by atoms with E-state index in [1.807, 2.05) is 0 Å². The van der Waals surface area contributed by atoms with E-state index in [0.717, 1.165) is 19.3 Å². The summed E-state index contributed by atoms with van der Waals surface area (Å²) >= 11 is 0. The molecule has 1 aromatic carbocycles. The first-order chi connectivity index (χ1) is 14.5. The highest BCUT2D eigenvalue weighted by Crippen LogP contribution is 2.15. The summed E-state index contributed by atoms with van der Waals surface area (Å²) < 4.78 is 0. The van der Waals surface area contributed by atoms with Crippen molar-refractivity contribution >= 4 is 11.6 Å². The van der Waals surface area contributed by atoms with E-state index in [4.69, 9.17) is 0 Å². The molecule has 0 aliphatic heterocycles. The highest BCUT2D eigenvalue weighted by molar-refractivity contribution is 5.95. The number of aliphatic hydroxyl groups excluding tert-OH is 2. The molecule has 0 fully saturated rings. The molecule has 170 valence electrons. The molecule has 0 aromatic heterocycles. The van der Waals surface area contributed by atoms with Crippen LogP contribution in [0.15, 0.2) is 24.3 Å². The van der Waals surface area contributed by atoms with Gasteiger partial charge >= 0.3 is 0 Å². The molecule has 0 saturated heterocycles. The van der Waals surface area contributed by atoms with Crippen LogP contribution in [0, 0.1) is 10.1 Å². The Morgan fingerprint density at radius 3 is 2.13 bits per heavy atom. The molecule has 0 spiro atoms. The van der Waals surface area contributed by atoms with Crippen LogP contribution in [0.3, 0.4) is 0 Å². The molecule has 2 atom stereocenters. The molecule has 1 amide bonds. The average molecular weight is 423 g/mol. The molecule has 0 heterocycles. The van der Waals surface area contributed by atoms with E-state index in [1.165, 1.54) is 75.6 Å². The highest BCUT2D eigenvalue weighted by Gasteiger charge is 2.21. The summed E-state index contributed by atoms with van der Waals surface area (Å²) in [5, 5.41) is 33.3. The van der Waals surface area contributed by atoms with Gasteiger partial charge in [-0.1, -0.05) is 83.6 Å². The van der Waals surface area contributed by atoms with Crippen molar-refractivity contribution in [3.05, 3.63) is 39.9 Å². The first kappa shape index (κ1) is 26.0. The molecule has 0 aliphatic carbocycles. The van der Waals surface area contributed by atoms with Gasteiger partial charge in [0.15, 0.2) is 0 Å². The number of unbranched alkanes of at least 4 members (excludes halogenated alkanes) is 10. The molecule has 0 saturated carbocycles. The van der Waals surface area contributed by atoms with E-state index in [1.54, 1.807) is 0 Å². The van der Waals surface area contributed by atoms with Gasteiger partial charge in [0.1, 0.15) is 0 Å². The number of rotatable bonds is 17. The summed E-state index contributed by atoms with van der Waals surface area (Å²) in [7, 11) is 0. The number of amides is 1. The van der Waals surface area contributed by atoms with Crippen molar-refractivity contribution in [3.63, 3.8) is 0 Å². The molecule has 1 aromatic rings. The van der Waals surface area contributed by atoms with Crippen molar-refractivity contribution in [3.8, 4) is 0 Å². The zero-order valence-corrected chi connectivity index (χ0v) is 18.2. The topological polar surface area (TPSA) is 113 Å². The van der Waals surface area contributed by atoms with Crippen molar-refractivity contribution in [2.75, 3.05) is 6.61 Å². The van der Waals surface area contributed by atoms with Crippen molar-refractivity contribution in [2.45, 2.75) is 96.1 Å². The summed E-state index contributed by atoms with van der Waals surface area (Å²) in [6, 6.07) is 4.59. The fourth-order valence-corrected chi connectivity index (χ4v) is 3.49. The Hall–Kier alpha value is -1.99. The van der Waals surface area contributed by atoms with E-state index < -0.39 is 23.0 Å². The second-order valence-electron chi connectivity index (χ2n) is 7.96. The van der Waals surface area contributed by atoms with Gasteiger partial charge in [-0.25, -0.2) is 0 Å². The molecular weight excluding hydrogens is 384 g/mol. The third-order valence-corrected chi connectivity index (χ3v) is 5.40. The number of hydrogen-bond acceptors (Lipinski definition) is 5. The second kappa shape index (κ2) is 15.8. The monoisotopic (exact) mass is 422 g/mol. The minimum Gasteiger partial charge on any atom is -0.394 e. The highest BCUT2D eigenvalue weighted by atomic mass is 16.6. The third kappa shape index (κ3) is 10.7. The van der Waals surface area contributed by atoms with E-state index in [9.17, 15) is 25.1 Å². The number of benzene rings is 1. The lowest BCUT2D eigenvalue weighted by molar-refractivity contribution is -0.384. The summed E-state index contributed by atoms with van der Waals surface area (Å²) in [6.45, 7) is 1.84. The normalized spacial score (nSPS) is 13.0. The Morgan fingerprint density at radius 1 is 1.03 bits per heavy atom. The molecule has 3 N–H and O–H groups in total. The number of aliphatic hydroxyl groups is 2. The molecule has 1 rings (SSSR count). The van der Waals surface area contributed by atoms with E-state index in [-0.39, 0.29) is 17.9 Å². The predicted molar refractivity (Wildman–Crippen MR) is 119 cm³/mol. The predicted octanol–water partition coefficient (Wildman–Crippen LogP) is 4.75. The van der Waals surface area contributed by atoms with Crippen LogP contribution in [0.2, 0.25) is 0 Å². The fourth-order valence-electron chi connectivity index (χ4n) is 3.49. The lowest BCUT2D eigenvalue weighted by Crippen LogP contribution is -2.45. The molecule has 7 heteroatoms. The zero-order chi connectivity index (χ0) is 22.2. The standard InChI is InChI=1S/C23H38N2O5/c1-2-3-4-5-6-7-8-9-10-11-12-16-22(27)21(18-26)24-23(28)19-14-13-15-20(17-19)25(29)30/h13-15,17,21-22,26-27H,2-12,16,18H2,1H3,(H,24,28). The maximum Gasteiger partial charge on any atom is 0.270 e. The van der Waals surface area contributed by atoms with Gasteiger partial charge in [0.25, 0.3) is 11.6 Å². The molecule has 7 nitrogen and oxygen atoms in total. The first-order valence-electron chi connectivity index (χ1n) is 11.3. The Balaban J connectivity index is 2.23. The van der Waals surface area contributed by atoms with Crippen LogP contribution in [-0.4, -0.2) is 39.8 Å². The van der Waals surface area contributed by atoms with E-state index in [2.05, 4.69) is 12.2 Å². The number of nitro benzene ring substituents is 1. The van der Waals surface area contributed by atoms with Crippen LogP contribution in [0.25, 0.3) is 0 Å². The van der Waals surface area contributed by atoms with Crippen LogP contribution in [0.4, 0.5) is 5.69 Å². The lowest BCUT2D eigenvalue weighted by Gasteiger charge is -2.22. The van der Waals surface area contributed by atoms with Crippen LogP contribution >= 0.6 is 0 Å². The van der Waals surface area contributed by atoms with Gasteiger partial charge in [-0.15, -0.1) is 0 Å². The summed E-state index contributed by atoms with van der Waals surface area (Å²) in [5.74, 6) is -0.546. The minimum absolute atomic E-state index is 0.129. The van der Waals surface area contributed by atoms with E-state index in [0.29, 0.717) is 6.42 Å². The maximum absolute atomic E-state index is 12.3. The van der Waals surface area contributed by atoms with Crippen molar-refractivity contribution in [1.29, 1.82) is 0 Å². The number of nitro groups is 1. The number of non-ortho nitro benzene ring substituents is 1. The number of carbonyl (C=O) groups excluding carboxylic acids is 1. The molecule has 30 heavy (non-hydrogen) atoms. The Morgan fingerprint density at radius 2 is 1.60 bits per heavy atom. The van der Waals surface area contributed by atoms with Gasteiger partial charge in [-0.05, 0) is 12.5 Å². The average Bonchev–Trinajstić information content (AvgIpc) is 2.75.